The molecule has 0 saturated carbocycles. The van der Waals surface area contributed by atoms with Crippen molar-refractivity contribution in [3.05, 3.63) is 152 Å². The number of phenolic OH excluding ortho intramolecular Hbond substituents is 1. The van der Waals surface area contributed by atoms with Crippen LogP contribution in [0, 0.1) is 6.07 Å². The molecular weight excluding hydrogens is 784 g/mol. The summed E-state index contributed by atoms with van der Waals surface area (Å²) in [6.45, 7) is 6.67. The van der Waals surface area contributed by atoms with Crippen LogP contribution in [0.1, 0.15) is 26.3 Å². The maximum atomic E-state index is 10.8. The molecule has 1 N–H and O–H groups in total. The van der Waals surface area contributed by atoms with Crippen LogP contribution in [0.15, 0.2) is 140 Å². The maximum absolute atomic E-state index is 10.8. The zero-order valence-corrected chi connectivity index (χ0v) is 29.6. The molecule has 6 heteroatoms. The third kappa shape index (κ3) is 5.96. The van der Waals surface area contributed by atoms with Gasteiger partial charge in [0.2, 0.25) is 0 Å². The van der Waals surface area contributed by atoms with E-state index >= 15 is 0 Å². The van der Waals surface area contributed by atoms with Crippen molar-refractivity contribution in [3.63, 3.8) is 0 Å². The molecule has 5 nitrogen and oxygen atoms in total. The Bertz CT molecular complexity index is 2440. The SMILES string of the molecule is CC(C)(C)c1ccc(-n2c(-c3[c-]c(-c4cc(-c5cccnc5)cc5cccnc45)ccc3)nc3c(-c4ccccc4O)cccc32)cc1.[Pt]. The van der Waals surface area contributed by atoms with Gasteiger partial charge >= 0.3 is 0 Å². The van der Waals surface area contributed by atoms with E-state index in [0.717, 1.165) is 72.4 Å². The van der Waals surface area contributed by atoms with E-state index in [1.165, 1.54) is 5.56 Å². The van der Waals surface area contributed by atoms with Gasteiger partial charge in [-0.2, -0.15) is 0 Å². The molecule has 3 heterocycles. The number of aromatic nitrogens is 4. The van der Waals surface area contributed by atoms with Crippen molar-refractivity contribution in [2.75, 3.05) is 0 Å². The second kappa shape index (κ2) is 12.9. The van der Waals surface area contributed by atoms with E-state index in [0.29, 0.717) is 0 Å². The van der Waals surface area contributed by atoms with E-state index in [-0.39, 0.29) is 32.2 Å². The van der Waals surface area contributed by atoms with Gasteiger partial charge in [-0.05, 0) is 70.0 Å². The van der Waals surface area contributed by atoms with Gasteiger partial charge in [-0.1, -0.05) is 92.6 Å². The van der Waals surface area contributed by atoms with Crippen LogP contribution in [0.25, 0.3) is 72.4 Å². The number of para-hydroxylation sites is 2. The zero-order chi connectivity index (χ0) is 32.8. The molecule has 5 aromatic carbocycles. The number of hydrogen-bond donors (Lipinski definition) is 1. The molecule has 0 amide bonds. The summed E-state index contributed by atoms with van der Waals surface area (Å²) in [7, 11) is 0. The molecule has 0 unspecified atom stereocenters. The second-order valence-corrected chi connectivity index (χ2v) is 13.1. The maximum Gasteiger partial charge on any atom is 0.123 e. The summed E-state index contributed by atoms with van der Waals surface area (Å²) in [5.74, 6) is 0.982. The van der Waals surface area contributed by atoms with Crippen LogP contribution < -0.4 is 0 Å². The van der Waals surface area contributed by atoms with Gasteiger partial charge < -0.3 is 9.67 Å². The van der Waals surface area contributed by atoms with E-state index in [2.05, 4.69) is 109 Å². The minimum atomic E-state index is 0. The predicted molar refractivity (Wildman–Crippen MR) is 195 cm³/mol. The van der Waals surface area contributed by atoms with Gasteiger partial charge in [0.25, 0.3) is 0 Å². The third-order valence-corrected chi connectivity index (χ3v) is 8.90. The van der Waals surface area contributed by atoms with Crippen molar-refractivity contribution in [3.8, 4) is 56.2 Å². The average molecular weight is 817 g/mol. The molecule has 0 fully saturated rings. The second-order valence-electron chi connectivity index (χ2n) is 13.1. The Morgan fingerprint density at radius 2 is 1.41 bits per heavy atom. The predicted octanol–water partition coefficient (Wildman–Crippen LogP) is 10.4. The van der Waals surface area contributed by atoms with E-state index in [1.54, 1.807) is 12.3 Å². The Morgan fingerprint density at radius 1 is 0.653 bits per heavy atom. The molecule has 0 atom stereocenters. The zero-order valence-electron chi connectivity index (χ0n) is 27.3. The smallest absolute Gasteiger partial charge is 0.123 e. The summed E-state index contributed by atoms with van der Waals surface area (Å²) >= 11 is 0. The number of fused-ring (bicyclic) bond motifs is 2. The van der Waals surface area contributed by atoms with Gasteiger partial charge in [0.1, 0.15) is 5.75 Å². The number of hydrogen-bond acceptors (Lipinski definition) is 4. The number of aromatic hydroxyl groups is 1. The minimum Gasteiger partial charge on any atom is -0.507 e. The van der Waals surface area contributed by atoms with Crippen molar-refractivity contribution < 1.29 is 26.2 Å². The molecule has 0 saturated heterocycles. The van der Waals surface area contributed by atoms with Gasteiger partial charge in [0.15, 0.2) is 0 Å². The number of phenols is 1. The average Bonchev–Trinajstić information content (AvgIpc) is 3.52. The topological polar surface area (TPSA) is 63.8 Å². The van der Waals surface area contributed by atoms with E-state index in [9.17, 15) is 5.11 Å². The van der Waals surface area contributed by atoms with Gasteiger partial charge in [-0.3, -0.25) is 15.0 Å². The van der Waals surface area contributed by atoms with Crippen molar-refractivity contribution >= 4 is 21.9 Å². The first-order chi connectivity index (χ1) is 23.3. The van der Waals surface area contributed by atoms with Crippen molar-refractivity contribution in [2.45, 2.75) is 26.2 Å². The quantitative estimate of drug-likeness (QED) is 0.176. The number of imidazole rings is 1. The molecule has 0 aliphatic rings. The normalized spacial score (nSPS) is 11.5. The molecule has 0 spiro atoms. The van der Waals surface area contributed by atoms with Crippen molar-refractivity contribution in [2.24, 2.45) is 0 Å². The Morgan fingerprint density at radius 3 is 2.18 bits per heavy atom. The van der Waals surface area contributed by atoms with Crippen molar-refractivity contribution in [1.82, 2.24) is 19.5 Å². The first-order valence-corrected chi connectivity index (χ1v) is 16.1. The Balaban J connectivity index is 0.00000378. The summed E-state index contributed by atoms with van der Waals surface area (Å²) in [5, 5.41) is 11.9. The molecule has 3 aromatic heterocycles. The summed E-state index contributed by atoms with van der Waals surface area (Å²) in [6, 6.07) is 44.6. The minimum absolute atomic E-state index is 0. The van der Waals surface area contributed by atoms with Gasteiger partial charge in [-0.15, -0.1) is 29.8 Å². The molecule has 49 heavy (non-hydrogen) atoms. The van der Waals surface area contributed by atoms with Gasteiger partial charge in [-0.25, -0.2) is 0 Å². The molecule has 0 bridgehead atoms. The van der Waals surface area contributed by atoms with Crippen LogP contribution in [0.4, 0.5) is 0 Å². The van der Waals surface area contributed by atoms with E-state index in [4.69, 9.17) is 9.97 Å². The largest absolute Gasteiger partial charge is 0.507 e. The summed E-state index contributed by atoms with van der Waals surface area (Å²) in [5.41, 5.74) is 11.4. The molecule has 8 rings (SSSR count). The van der Waals surface area contributed by atoms with Crippen LogP contribution in [0.5, 0.6) is 5.75 Å². The van der Waals surface area contributed by atoms with Crippen LogP contribution in [0.2, 0.25) is 0 Å². The summed E-state index contributed by atoms with van der Waals surface area (Å²) < 4.78 is 2.20. The van der Waals surface area contributed by atoms with E-state index < -0.39 is 0 Å². The Labute approximate surface area is 300 Å². The first kappa shape index (κ1) is 32.2. The molecule has 0 radical (unpaired) electrons. The van der Waals surface area contributed by atoms with Crippen LogP contribution in [0.3, 0.4) is 0 Å². The Hall–Kier alpha value is -5.38. The number of rotatable bonds is 5. The molecule has 0 aliphatic carbocycles. The summed E-state index contributed by atoms with van der Waals surface area (Å²) in [6.07, 6.45) is 5.51. The standard InChI is InChI=1S/C43H33N4O.Pt/c1-43(2,3)33-18-20-34(21-19-33)47-38-16-7-15-36(35-14-4-5-17-39(35)48)41(38)46-42(47)30-11-6-10-28(24-30)37-26-32(31-13-8-22-44-27-31)25-29-12-9-23-45-40(29)37;/h4-23,25-27,48H,1-3H3;/q-1;. The molecule has 8 aromatic rings. The fourth-order valence-corrected chi connectivity index (χ4v) is 6.42. The van der Waals surface area contributed by atoms with Gasteiger partial charge in [0.05, 0.1) is 16.9 Å². The summed E-state index contributed by atoms with van der Waals surface area (Å²) in [4.78, 5) is 14.5. The molecular formula is C43H33N4OPt-. The van der Waals surface area contributed by atoms with Crippen LogP contribution in [-0.4, -0.2) is 24.6 Å². The number of benzene rings is 5. The number of nitrogens with zero attached hydrogens (tertiary/aromatic N) is 4. The third-order valence-electron chi connectivity index (χ3n) is 8.90. The van der Waals surface area contributed by atoms with Crippen LogP contribution >= 0.6 is 0 Å². The fourth-order valence-electron chi connectivity index (χ4n) is 6.42. The van der Waals surface area contributed by atoms with Crippen LogP contribution in [-0.2, 0) is 26.5 Å². The Kier molecular flexibility index (Phi) is 8.48. The van der Waals surface area contributed by atoms with Gasteiger partial charge in [0, 0.05) is 62.0 Å². The van der Waals surface area contributed by atoms with E-state index in [1.807, 2.05) is 54.9 Å². The number of pyridine rings is 2. The monoisotopic (exact) mass is 816 g/mol. The molecule has 0 aliphatic heterocycles. The first-order valence-electron chi connectivity index (χ1n) is 16.1. The van der Waals surface area contributed by atoms with Crippen molar-refractivity contribution in [1.29, 1.82) is 0 Å². The molecule has 242 valence electrons. The fraction of sp³-hybridized carbons (Fsp3) is 0.0930.